The van der Waals surface area contributed by atoms with Gasteiger partial charge in [-0.25, -0.2) is 22.6 Å². The second-order valence-corrected chi connectivity index (χ2v) is 14.1. The number of aromatic nitrogens is 3. The van der Waals surface area contributed by atoms with E-state index in [1.165, 1.54) is 0 Å². The first-order valence-corrected chi connectivity index (χ1v) is 14.7. The summed E-state index contributed by atoms with van der Waals surface area (Å²) in [5.74, 6) is -0.273. The molecule has 0 spiro atoms. The maximum atomic E-state index is 13.9. The van der Waals surface area contributed by atoms with Crippen molar-refractivity contribution in [3.8, 4) is 0 Å². The highest BCUT2D eigenvalue weighted by Crippen LogP contribution is 2.68. The lowest BCUT2D eigenvalue weighted by Gasteiger charge is -2.34. The quantitative estimate of drug-likeness (QED) is 0.170. The number of phosphoric acid groups is 2. The van der Waals surface area contributed by atoms with E-state index in [0.717, 1.165) is 20.0 Å². The third-order valence-electron chi connectivity index (χ3n) is 4.09. The summed E-state index contributed by atoms with van der Waals surface area (Å²) in [7, 11) is -13.5. The van der Waals surface area contributed by atoms with Gasteiger partial charge in [-0.05, 0) is 22.4 Å². The van der Waals surface area contributed by atoms with Crippen LogP contribution in [-0.4, -0.2) is 68.8 Å². The molecule has 0 amide bonds. The van der Waals surface area contributed by atoms with Gasteiger partial charge >= 0.3 is 21.3 Å². The summed E-state index contributed by atoms with van der Waals surface area (Å²) in [5, 5.41) is 14.3. The van der Waals surface area contributed by atoms with E-state index in [-0.39, 0.29) is 5.82 Å². The summed E-state index contributed by atoms with van der Waals surface area (Å²) >= 11 is 6.18. The van der Waals surface area contributed by atoms with E-state index >= 15 is 0 Å². The molecule has 22 heteroatoms. The van der Waals surface area contributed by atoms with Crippen LogP contribution in [0.5, 0.6) is 0 Å². The Labute approximate surface area is 191 Å². The molecular weight excluding hydrogens is 558 g/mol. The number of rotatable bonds is 9. The van der Waals surface area contributed by atoms with Crippen molar-refractivity contribution in [3.05, 3.63) is 16.7 Å². The van der Waals surface area contributed by atoms with E-state index in [9.17, 15) is 33.2 Å². The van der Waals surface area contributed by atoms with Crippen molar-refractivity contribution < 1.29 is 56.1 Å². The number of halogens is 2. The predicted molar refractivity (Wildman–Crippen MR) is 112 cm³/mol. The molecule has 7 N–H and O–H groups in total. The Morgan fingerprint density at radius 2 is 1.91 bits per heavy atom. The Kier molecular flexibility index (Phi) is 8.41. The Morgan fingerprint density at radius 3 is 2.39 bits per heavy atom. The molecule has 0 radical (unpaired) electrons. The number of aliphatic hydroxyl groups is 1. The number of hydrogen-bond acceptors (Lipinski definition) is 11. The monoisotopic (exact) mass is 578 g/mol. The second kappa shape index (κ2) is 9.61. The summed E-state index contributed by atoms with van der Waals surface area (Å²) in [6.45, 7) is 0.582. The first-order valence-electron chi connectivity index (χ1n) is 8.41. The minimum absolute atomic E-state index is 0.273. The highest BCUT2D eigenvalue weighted by molar-refractivity contribution is 7.91. The first kappa shape index (κ1) is 28.9. The van der Waals surface area contributed by atoms with E-state index in [0.29, 0.717) is 4.68 Å². The number of alkyl halides is 2. The molecule has 1 saturated heterocycles. The maximum absolute atomic E-state index is 13.9. The molecule has 1 fully saturated rings. The number of nitrogen functional groups attached to an aromatic ring is 1. The highest BCUT2D eigenvalue weighted by Gasteiger charge is 2.62. The lowest BCUT2D eigenvalue weighted by atomic mass is 9.91. The zero-order valence-corrected chi connectivity index (χ0v) is 21.1. The van der Waals surface area contributed by atoms with Crippen molar-refractivity contribution >= 4 is 48.8 Å². The van der Waals surface area contributed by atoms with E-state index in [4.69, 9.17) is 36.4 Å². The highest BCUT2D eigenvalue weighted by atomic mass is 35.5. The van der Waals surface area contributed by atoms with Crippen molar-refractivity contribution in [2.75, 3.05) is 12.4 Å². The van der Waals surface area contributed by atoms with Crippen molar-refractivity contribution in [2.24, 2.45) is 0 Å². The standard InChI is InChI=1S/C11H20ClFN4O12P4/c1-10(2,27-31(20,21)28-32(22,23)29-33(24,25)30)7-6(18)11(12,4-13)8(26-7)17-9(19)16-5(14)3-15-17/h3,6-8,18,24-25,30H,4H2,1-2H3,(H,20,21)(H,22,23)(H2,14,16,19)/t6-,7-,8+,11?/m0/s1. The van der Waals surface area contributed by atoms with Crippen LogP contribution in [-0.2, 0) is 27.0 Å². The molecule has 0 aliphatic carbocycles. The summed E-state index contributed by atoms with van der Waals surface area (Å²) in [6.07, 6.45) is -4.65. The van der Waals surface area contributed by atoms with Crippen LogP contribution in [0.4, 0.5) is 10.2 Å². The predicted octanol–water partition coefficient (Wildman–Crippen LogP) is 0.260. The molecule has 16 nitrogen and oxygen atoms in total. The van der Waals surface area contributed by atoms with Gasteiger partial charge < -0.3 is 35.2 Å². The largest absolute Gasteiger partial charge is 0.488 e. The maximum Gasteiger partial charge on any atom is 0.488 e. The van der Waals surface area contributed by atoms with Gasteiger partial charge in [-0.3, -0.25) is 4.52 Å². The first-order chi connectivity index (χ1) is 14.7. The van der Waals surface area contributed by atoms with E-state index in [2.05, 4.69) is 27.2 Å². The van der Waals surface area contributed by atoms with Crippen LogP contribution < -0.4 is 11.4 Å². The van der Waals surface area contributed by atoms with Crippen LogP contribution in [0.1, 0.15) is 20.1 Å². The Balaban J connectivity index is 2.34. The fourth-order valence-electron chi connectivity index (χ4n) is 2.85. The van der Waals surface area contributed by atoms with Crippen molar-refractivity contribution in [1.82, 2.24) is 14.8 Å². The van der Waals surface area contributed by atoms with Gasteiger partial charge in [-0.15, -0.1) is 11.6 Å². The number of aliphatic hydroxyl groups excluding tert-OH is 1. The number of ether oxygens (including phenoxy) is 1. The summed E-state index contributed by atoms with van der Waals surface area (Å²) in [6, 6.07) is 0. The van der Waals surface area contributed by atoms with E-state index < -0.39 is 64.2 Å². The second-order valence-electron chi connectivity index (χ2n) is 7.16. The van der Waals surface area contributed by atoms with Gasteiger partial charge in [0.05, 0.1) is 6.20 Å². The molecule has 1 aromatic rings. The zero-order chi connectivity index (χ0) is 25.6. The van der Waals surface area contributed by atoms with Crippen LogP contribution in [0.15, 0.2) is 11.0 Å². The van der Waals surface area contributed by atoms with Gasteiger partial charge in [0, 0.05) is 0 Å². The third kappa shape index (κ3) is 6.87. The number of phosphoric ester groups is 1. The normalized spacial score (nSPS) is 30.0. The minimum atomic E-state index is -5.57. The molecule has 2 heterocycles. The average molecular weight is 579 g/mol. The summed E-state index contributed by atoms with van der Waals surface area (Å²) < 4.78 is 56.5. The zero-order valence-electron chi connectivity index (χ0n) is 16.6. The third-order valence-corrected chi connectivity index (χ3v) is 9.42. The van der Waals surface area contributed by atoms with Gasteiger partial charge in [-0.1, -0.05) is 0 Å². The van der Waals surface area contributed by atoms with Gasteiger partial charge in [0.25, 0.3) is 7.23 Å². The number of anilines is 1. The molecule has 3 unspecified atom stereocenters. The molecule has 6 atom stereocenters. The topological polar surface area (TPSA) is 246 Å². The van der Waals surface area contributed by atoms with E-state index in [1.54, 1.807) is 0 Å². The molecule has 1 aliphatic heterocycles. The van der Waals surface area contributed by atoms with Gasteiger partial charge in [-0.2, -0.15) is 19.1 Å². The number of nitrogens with zero attached hydrogens (tertiary/aromatic N) is 3. The Bertz CT molecular complexity index is 1100. The van der Waals surface area contributed by atoms with Crippen molar-refractivity contribution in [3.63, 3.8) is 0 Å². The number of hydrogen-bond donors (Lipinski definition) is 6. The van der Waals surface area contributed by atoms with Gasteiger partial charge in [0.15, 0.2) is 6.23 Å². The van der Waals surface area contributed by atoms with Gasteiger partial charge in [0.1, 0.15) is 35.2 Å². The molecule has 33 heavy (non-hydrogen) atoms. The molecule has 1 aliphatic rings. The molecular formula is C11H20ClFN4O12P4. The summed E-state index contributed by atoms with van der Waals surface area (Å²) in [4.78, 5) is 50.5. The fraction of sp³-hybridized carbons (Fsp3) is 0.727. The summed E-state index contributed by atoms with van der Waals surface area (Å²) in [5.41, 5.74) is 2.10. The van der Waals surface area contributed by atoms with Gasteiger partial charge in [0.2, 0.25) is 0 Å². The molecule has 0 bridgehead atoms. The smallest absolute Gasteiger partial charge is 0.388 e. The molecule has 1 aromatic heterocycles. The van der Waals surface area contributed by atoms with Crippen molar-refractivity contribution in [2.45, 2.75) is 42.8 Å². The lowest BCUT2D eigenvalue weighted by Crippen LogP contribution is -2.51. The van der Waals surface area contributed by atoms with Crippen molar-refractivity contribution in [1.29, 1.82) is 0 Å². The Morgan fingerprint density at radius 1 is 1.33 bits per heavy atom. The molecule has 190 valence electrons. The SMILES string of the molecule is CC(C)(OP(=O)(O)OP(=O)(O)OP(O)(O)=P)[C@H]1O[C@@H](n2ncc(N)nc2=O)C(Cl)(CF)[C@H]1O. The van der Waals surface area contributed by atoms with Crippen LogP contribution >= 0.6 is 43.0 Å². The lowest BCUT2D eigenvalue weighted by molar-refractivity contribution is -0.121. The average Bonchev–Trinajstić information content (AvgIpc) is 2.83. The molecule has 0 aromatic carbocycles. The molecule has 2 rings (SSSR count). The fourth-order valence-corrected chi connectivity index (χ4v) is 7.45. The van der Waals surface area contributed by atoms with Crippen LogP contribution in [0.25, 0.3) is 0 Å². The van der Waals surface area contributed by atoms with Crippen LogP contribution in [0.2, 0.25) is 0 Å². The minimum Gasteiger partial charge on any atom is -0.388 e. The number of nitrogens with two attached hydrogens (primary N) is 1. The van der Waals surface area contributed by atoms with E-state index in [1.807, 2.05) is 0 Å². The van der Waals surface area contributed by atoms with Crippen LogP contribution in [0, 0.1) is 0 Å². The van der Waals surface area contributed by atoms with Crippen LogP contribution in [0.3, 0.4) is 0 Å². The molecule has 0 saturated carbocycles. The Hall–Kier alpha value is -0.340.